The second kappa shape index (κ2) is 7.86. The van der Waals surface area contributed by atoms with Gasteiger partial charge < -0.3 is 4.42 Å². The van der Waals surface area contributed by atoms with E-state index in [0.29, 0.717) is 11.8 Å². The quantitative estimate of drug-likeness (QED) is 0.370. The van der Waals surface area contributed by atoms with E-state index >= 15 is 0 Å². The largest absolute Gasteiger partial charge is 0.417 e. The average Bonchev–Trinajstić information content (AvgIpc) is 3.14. The molecule has 30 heavy (non-hydrogen) atoms. The van der Waals surface area contributed by atoms with E-state index in [-0.39, 0.29) is 16.5 Å². The summed E-state index contributed by atoms with van der Waals surface area (Å²) >= 11 is 0. The Morgan fingerprint density at radius 3 is 1.93 bits per heavy atom. The second-order valence-electron chi connectivity index (χ2n) is 9.43. The molecule has 0 spiro atoms. The van der Waals surface area contributed by atoms with Gasteiger partial charge in [-0.1, -0.05) is 47.6 Å². The molecule has 6 heteroatoms. The van der Waals surface area contributed by atoms with Crippen LogP contribution in [0.2, 0.25) is 0 Å². The fourth-order valence-electron chi connectivity index (χ4n) is 2.91. The van der Waals surface area contributed by atoms with Crippen LogP contribution < -0.4 is 0 Å². The number of nitro benzene ring substituents is 1. The normalized spacial score (nSPS) is 12.5. The minimum absolute atomic E-state index is 0.00527. The Labute approximate surface area is 176 Å². The molecule has 0 saturated heterocycles. The standard InChI is InChI=1S/C24H27N3O3/c1-23(2,3)18-13-17(14-19(15-18)24(4,5)6)22-26-25-21(30-22)12-9-16-7-10-20(11-8-16)27(28)29/h7-15H,1-6H3/b12-9+. The lowest BCUT2D eigenvalue weighted by Gasteiger charge is -2.25. The molecule has 0 aliphatic rings. The molecule has 2 aromatic carbocycles. The lowest BCUT2D eigenvalue weighted by atomic mass is 9.79. The summed E-state index contributed by atoms with van der Waals surface area (Å²) in [5, 5.41) is 19.1. The van der Waals surface area contributed by atoms with Gasteiger partial charge in [0.25, 0.3) is 5.69 Å². The fraction of sp³-hybridized carbons (Fsp3) is 0.333. The molecule has 0 unspecified atom stereocenters. The van der Waals surface area contributed by atoms with Crippen molar-refractivity contribution in [1.29, 1.82) is 0 Å². The number of hydrogen-bond acceptors (Lipinski definition) is 5. The Morgan fingerprint density at radius 2 is 1.43 bits per heavy atom. The van der Waals surface area contributed by atoms with Crippen LogP contribution in [0.5, 0.6) is 0 Å². The first-order valence-electron chi connectivity index (χ1n) is 9.86. The van der Waals surface area contributed by atoms with E-state index in [1.807, 2.05) is 0 Å². The molecule has 3 rings (SSSR count). The number of non-ortho nitro benzene ring substituents is 1. The van der Waals surface area contributed by atoms with Gasteiger partial charge in [0.15, 0.2) is 0 Å². The SMILES string of the molecule is CC(C)(C)c1cc(-c2nnc(/C=C/c3ccc([N+](=O)[O-])cc3)o2)cc(C(C)(C)C)c1. The van der Waals surface area contributed by atoms with Crippen LogP contribution in [0.25, 0.3) is 23.6 Å². The van der Waals surface area contributed by atoms with Crippen LogP contribution in [-0.2, 0) is 10.8 Å². The number of benzene rings is 2. The molecule has 6 nitrogen and oxygen atoms in total. The van der Waals surface area contributed by atoms with Crippen molar-refractivity contribution >= 4 is 17.8 Å². The molecule has 0 aliphatic carbocycles. The number of aromatic nitrogens is 2. The highest BCUT2D eigenvalue weighted by Gasteiger charge is 2.22. The number of hydrogen-bond donors (Lipinski definition) is 0. The first-order chi connectivity index (χ1) is 13.9. The maximum absolute atomic E-state index is 10.8. The van der Waals surface area contributed by atoms with Gasteiger partial charge in [-0.3, -0.25) is 10.1 Å². The van der Waals surface area contributed by atoms with Crippen molar-refractivity contribution in [1.82, 2.24) is 10.2 Å². The molecule has 156 valence electrons. The third kappa shape index (κ3) is 5.00. The van der Waals surface area contributed by atoms with Gasteiger partial charge in [0.2, 0.25) is 11.8 Å². The Bertz CT molecular complexity index is 1050. The van der Waals surface area contributed by atoms with Crippen molar-refractivity contribution < 1.29 is 9.34 Å². The summed E-state index contributed by atoms with van der Waals surface area (Å²) in [4.78, 5) is 10.3. The maximum atomic E-state index is 10.8. The topological polar surface area (TPSA) is 82.1 Å². The molecule has 0 amide bonds. The van der Waals surface area contributed by atoms with Crippen LogP contribution in [0.15, 0.2) is 46.9 Å². The van der Waals surface area contributed by atoms with Gasteiger partial charge in [-0.05, 0) is 57.9 Å². The molecule has 0 aliphatic heterocycles. The van der Waals surface area contributed by atoms with Crippen molar-refractivity contribution in [3.8, 4) is 11.5 Å². The summed E-state index contributed by atoms with van der Waals surface area (Å²) in [5.41, 5.74) is 4.18. The van der Waals surface area contributed by atoms with Gasteiger partial charge in [0.05, 0.1) is 4.92 Å². The molecule has 1 aromatic heterocycles. The zero-order valence-corrected chi connectivity index (χ0v) is 18.3. The Hall–Kier alpha value is -3.28. The van der Waals surface area contributed by atoms with Crippen LogP contribution >= 0.6 is 0 Å². The molecule has 0 atom stereocenters. The van der Waals surface area contributed by atoms with Crippen molar-refractivity contribution in [3.05, 3.63) is 75.2 Å². The van der Waals surface area contributed by atoms with Gasteiger partial charge >= 0.3 is 0 Å². The Balaban J connectivity index is 1.90. The fourth-order valence-corrected chi connectivity index (χ4v) is 2.91. The molecule has 0 fully saturated rings. The third-order valence-electron chi connectivity index (χ3n) is 4.87. The van der Waals surface area contributed by atoms with Crippen LogP contribution in [0.1, 0.15) is 64.1 Å². The average molecular weight is 405 g/mol. The molecule has 3 aromatic rings. The summed E-state index contributed by atoms with van der Waals surface area (Å²) in [5.74, 6) is 0.844. The van der Waals surface area contributed by atoms with E-state index < -0.39 is 4.92 Å². The van der Waals surface area contributed by atoms with E-state index in [1.54, 1.807) is 24.3 Å². The van der Waals surface area contributed by atoms with Gasteiger partial charge in [-0.2, -0.15) is 0 Å². The van der Waals surface area contributed by atoms with E-state index in [0.717, 1.165) is 11.1 Å². The summed E-state index contributed by atoms with van der Waals surface area (Å²) in [7, 11) is 0. The van der Waals surface area contributed by atoms with Crippen LogP contribution in [0, 0.1) is 10.1 Å². The Kier molecular flexibility index (Phi) is 5.61. The number of nitrogens with zero attached hydrogens (tertiary/aromatic N) is 3. The number of rotatable bonds is 4. The minimum atomic E-state index is -0.421. The van der Waals surface area contributed by atoms with Crippen LogP contribution in [0.4, 0.5) is 5.69 Å². The lowest BCUT2D eigenvalue weighted by Crippen LogP contribution is -2.16. The zero-order valence-electron chi connectivity index (χ0n) is 18.3. The van der Waals surface area contributed by atoms with E-state index in [4.69, 9.17) is 4.42 Å². The van der Waals surface area contributed by atoms with Crippen molar-refractivity contribution in [2.45, 2.75) is 52.4 Å². The molecule has 0 radical (unpaired) electrons. The summed E-state index contributed by atoms with van der Waals surface area (Å²) < 4.78 is 5.87. The molecule has 0 N–H and O–H groups in total. The highest BCUT2D eigenvalue weighted by atomic mass is 16.6. The van der Waals surface area contributed by atoms with Crippen molar-refractivity contribution in [3.63, 3.8) is 0 Å². The van der Waals surface area contributed by atoms with Gasteiger partial charge in [0.1, 0.15) is 0 Å². The van der Waals surface area contributed by atoms with E-state index in [9.17, 15) is 10.1 Å². The molecule has 0 saturated carbocycles. The Morgan fingerprint density at radius 1 is 0.867 bits per heavy atom. The molecule has 0 bridgehead atoms. The smallest absolute Gasteiger partial charge is 0.269 e. The minimum Gasteiger partial charge on any atom is -0.417 e. The summed E-state index contributed by atoms with van der Waals surface area (Å²) in [6.45, 7) is 13.1. The van der Waals surface area contributed by atoms with Crippen LogP contribution in [-0.4, -0.2) is 15.1 Å². The summed E-state index contributed by atoms with van der Waals surface area (Å²) in [6.07, 6.45) is 3.49. The maximum Gasteiger partial charge on any atom is 0.269 e. The van der Waals surface area contributed by atoms with Gasteiger partial charge in [0, 0.05) is 23.8 Å². The van der Waals surface area contributed by atoms with E-state index in [1.165, 1.54) is 23.3 Å². The molecule has 1 heterocycles. The highest BCUT2D eigenvalue weighted by molar-refractivity contribution is 5.67. The van der Waals surface area contributed by atoms with Gasteiger partial charge in [-0.25, -0.2) is 0 Å². The second-order valence-corrected chi connectivity index (χ2v) is 9.43. The molecular weight excluding hydrogens is 378 g/mol. The third-order valence-corrected chi connectivity index (χ3v) is 4.87. The highest BCUT2D eigenvalue weighted by Crippen LogP contribution is 2.33. The van der Waals surface area contributed by atoms with Crippen LogP contribution in [0.3, 0.4) is 0 Å². The number of nitro groups is 1. The summed E-state index contributed by atoms with van der Waals surface area (Å²) in [6, 6.07) is 12.7. The monoisotopic (exact) mass is 405 g/mol. The predicted octanol–water partition coefficient (Wildman–Crippen LogP) is 6.41. The first kappa shape index (κ1) is 21.4. The lowest BCUT2D eigenvalue weighted by molar-refractivity contribution is -0.384. The van der Waals surface area contributed by atoms with Crippen molar-refractivity contribution in [2.24, 2.45) is 0 Å². The van der Waals surface area contributed by atoms with Gasteiger partial charge in [-0.15, -0.1) is 10.2 Å². The zero-order chi connectivity index (χ0) is 22.1. The van der Waals surface area contributed by atoms with E-state index in [2.05, 4.69) is 69.9 Å². The first-order valence-corrected chi connectivity index (χ1v) is 9.86. The molecular formula is C24H27N3O3. The van der Waals surface area contributed by atoms with Crippen molar-refractivity contribution in [2.75, 3.05) is 0 Å². The predicted molar refractivity (Wildman–Crippen MR) is 119 cm³/mol.